The Morgan fingerprint density at radius 1 is 1.28 bits per heavy atom. The molecule has 1 heterocycles. The fraction of sp³-hybridized carbons (Fsp3) is 0.727. The van der Waals surface area contributed by atoms with Crippen molar-refractivity contribution in [1.29, 1.82) is 0 Å². The molecule has 7 nitrogen and oxygen atoms in total. The number of ether oxygens (including phenoxy) is 1. The molecular formula is C11H21N5O2. The fourth-order valence-corrected chi connectivity index (χ4v) is 1.47. The largest absolute Gasteiger partial charge is 0.461 e. The van der Waals surface area contributed by atoms with E-state index in [1.165, 1.54) is 0 Å². The van der Waals surface area contributed by atoms with Crippen LogP contribution < -0.4 is 15.4 Å². The van der Waals surface area contributed by atoms with E-state index in [-0.39, 0.29) is 24.7 Å². The Morgan fingerprint density at radius 3 is 2.56 bits per heavy atom. The van der Waals surface area contributed by atoms with Crippen LogP contribution in [0.4, 0.5) is 11.9 Å². The third kappa shape index (κ3) is 4.33. The molecule has 0 radical (unpaired) electrons. The smallest absolute Gasteiger partial charge is 0.323 e. The molecule has 0 aromatic carbocycles. The molecule has 0 saturated heterocycles. The predicted octanol–water partition coefficient (Wildman–Crippen LogP) is 0.450. The summed E-state index contributed by atoms with van der Waals surface area (Å²) in [5, 5.41) is 9.03. The molecule has 0 amide bonds. The van der Waals surface area contributed by atoms with Crippen molar-refractivity contribution in [2.24, 2.45) is 0 Å². The van der Waals surface area contributed by atoms with E-state index in [1.54, 1.807) is 0 Å². The van der Waals surface area contributed by atoms with Crippen LogP contribution in [-0.2, 0) is 0 Å². The number of nitrogens with two attached hydrogens (primary N) is 1. The summed E-state index contributed by atoms with van der Waals surface area (Å²) >= 11 is 0. The van der Waals surface area contributed by atoms with Gasteiger partial charge in [-0.05, 0) is 20.3 Å². The first-order valence-corrected chi connectivity index (χ1v) is 6.10. The van der Waals surface area contributed by atoms with Crippen LogP contribution in [0.3, 0.4) is 0 Å². The van der Waals surface area contributed by atoms with Gasteiger partial charge in [0.1, 0.15) is 0 Å². The van der Waals surface area contributed by atoms with Gasteiger partial charge in [-0.25, -0.2) is 0 Å². The van der Waals surface area contributed by atoms with Gasteiger partial charge < -0.3 is 20.5 Å². The van der Waals surface area contributed by atoms with Crippen LogP contribution in [0, 0.1) is 0 Å². The Labute approximate surface area is 107 Å². The van der Waals surface area contributed by atoms with E-state index in [2.05, 4.69) is 15.0 Å². The molecule has 1 aromatic rings. The number of aliphatic hydroxyl groups excluding tert-OH is 1. The lowest BCUT2D eigenvalue weighted by Gasteiger charge is -2.21. The zero-order chi connectivity index (χ0) is 13.5. The highest BCUT2D eigenvalue weighted by atomic mass is 16.5. The second-order valence-electron chi connectivity index (χ2n) is 4.15. The molecule has 102 valence electrons. The highest BCUT2D eigenvalue weighted by Crippen LogP contribution is 2.14. The maximum Gasteiger partial charge on any atom is 0.323 e. The minimum absolute atomic E-state index is 0.0304. The lowest BCUT2D eigenvalue weighted by molar-refractivity contribution is 0.222. The minimum atomic E-state index is -0.0304. The van der Waals surface area contributed by atoms with Crippen LogP contribution in [0.5, 0.6) is 6.01 Å². The van der Waals surface area contributed by atoms with Crippen LogP contribution in [0.1, 0.15) is 27.2 Å². The van der Waals surface area contributed by atoms with E-state index in [1.807, 2.05) is 25.7 Å². The van der Waals surface area contributed by atoms with E-state index in [4.69, 9.17) is 15.6 Å². The molecule has 0 spiro atoms. The highest BCUT2D eigenvalue weighted by molar-refractivity contribution is 5.35. The number of hydrogen-bond donors (Lipinski definition) is 2. The van der Waals surface area contributed by atoms with Gasteiger partial charge in [-0.1, -0.05) is 6.92 Å². The van der Waals surface area contributed by atoms with Crippen molar-refractivity contribution in [2.75, 3.05) is 30.3 Å². The predicted molar refractivity (Wildman–Crippen MR) is 69.6 cm³/mol. The fourth-order valence-electron chi connectivity index (χ4n) is 1.47. The first kappa shape index (κ1) is 14.4. The summed E-state index contributed by atoms with van der Waals surface area (Å²) in [4.78, 5) is 14.0. The first-order valence-electron chi connectivity index (χ1n) is 6.10. The van der Waals surface area contributed by atoms with E-state index in [9.17, 15) is 0 Å². The zero-order valence-corrected chi connectivity index (χ0v) is 11.1. The summed E-state index contributed by atoms with van der Waals surface area (Å²) < 4.78 is 5.41. The molecular weight excluding hydrogens is 234 g/mol. The Bertz CT molecular complexity index is 366. The number of rotatable bonds is 7. The van der Waals surface area contributed by atoms with Crippen molar-refractivity contribution in [3.8, 4) is 6.01 Å². The van der Waals surface area contributed by atoms with Crippen LogP contribution in [-0.4, -0.2) is 45.9 Å². The van der Waals surface area contributed by atoms with Crippen molar-refractivity contribution >= 4 is 11.9 Å². The summed E-state index contributed by atoms with van der Waals surface area (Å²) in [6.07, 6.45) is 0.892. The zero-order valence-electron chi connectivity index (χ0n) is 11.1. The molecule has 0 aliphatic carbocycles. The highest BCUT2D eigenvalue weighted by Gasteiger charge is 2.13. The summed E-state index contributed by atoms with van der Waals surface area (Å²) in [5.74, 6) is 0.559. The van der Waals surface area contributed by atoms with E-state index >= 15 is 0 Å². The van der Waals surface area contributed by atoms with E-state index in [0.29, 0.717) is 12.5 Å². The molecule has 0 saturated carbocycles. The van der Waals surface area contributed by atoms with Crippen LogP contribution in [0.2, 0.25) is 0 Å². The number of anilines is 2. The van der Waals surface area contributed by atoms with Gasteiger partial charge in [0.25, 0.3) is 0 Å². The number of nitrogen functional groups attached to an aromatic ring is 1. The molecule has 7 heteroatoms. The van der Waals surface area contributed by atoms with Crippen molar-refractivity contribution < 1.29 is 9.84 Å². The Morgan fingerprint density at radius 2 is 2.00 bits per heavy atom. The summed E-state index contributed by atoms with van der Waals surface area (Å²) in [5.41, 5.74) is 5.63. The van der Waals surface area contributed by atoms with Gasteiger partial charge >= 0.3 is 6.01 Å². The molecule has 0 unspecified atom stereocenters. The second-order valence-corrected chi connectivity index (χ2v) is 4.15. The maximum absolute atomic E-state index is 9.03. The quantitative estimate of drug-likeness (QED) is 0.730. The van der Waals surface area contributed by atoms with Crippen molar-refractivity contribution in [1.82, 2.24) is 15.0 Å². The molecule has 0 atom stereocenters. The molecule has 1 aromatic heterocycles. The second kappa shape index (κ2) is 6.95. The van der Waals surface area contributed by atoms with Crippen molar-refractivity contribution in [3.63, 3.8) is 0 Å². The number of aromatic nitrogens is 3. The van der Waals surface area contributed by atoms with Gasteiger partial charge in [-0.2, -0.15) is 15.0 Å². The maximum atomic E-state index is 9.03. The third-order valence-corrected chi connectivity index (χ3v) is 2.11. The normalized spacial score (nSPS) is 10.7. The number of aliphatic hydroxyl groups is 1. The van der Waals surface area contributed by atoms with Crippen molar-refractivity contribution in [3.05, 3.63) is 0 Å². The molecule has 0 aliphatic heterocycles. The average molecular weight is 255 g/mol. The van der Waals surface area contributed by atoms with Gasteiger partial charge in [0, 0.05) is 13.1 Å². The summed E-state index contributed by atoms with van der Waals surface area (Å²) in [6, 6.07) is 0.214. The van der Waals surface area contributed by atoms with E-state index in [0.717, 1.165) is 13.0 Å². The van der Waals surface area contributed by atoms with Gasteiger partial charge in [0.2, 0.25) is 11.9 Å². The molecule has 0 fully saturated rings. The Hall–Kier alpha value is -1.63. The van der Waals surface area contributed by atoms with Gasteiger partial charge in [0.05, 0.1) is 12.7 Å². The van der Waals surface area contributed by atoms with Crippen LogP contribution in [0.25, 0.3) is 0 Å². The van der Waals surface area contributed by atoms with Crippen LogP contribution >= 0.6 is 0 Å². The molecule has 0 aliphatic rings. The van der Waals surface area contributed by atoms with Gasteiger partial charge in [-0.15, -0.1) is 0 Å². The van der Waals surface area contributed by atoms with E-state index < -0.39 is 0 Å². The topological polar surface area (TPSA) is 97.4 Å². The first-order chi connectivity index (χ1) is 8.56. The Balaban J connectivity index is 2.94. The van der Waals surface area contributed by atoms with Crippen LogP contribution in [0.15, 0.2) is 0 Å². The monoisotopic (exact) mass is 255 g/mol. The van der Waals surface area contributed by atoms with Gasteiger partial charge in [-0.3, -0.25) is 0 Å². The molecule has 18 heavy (non-hydrogen) atoms. The number of hydrogen-bond acceptors (Lipinski definition) is 7. The summed E-state index contributed by atoms with van der Waals surface area (Å²) in [7, 11) is 0. The average Bonchev–Trinajstić information content (AvgIpc) is 2.27. The minimum Gasteiger partial charge on any atom is -0.461 e. The summed E-state index contributed by atoms with van der Waals surface area (Å²) in [6.45, 7) is 7.05. The van der Waals surface area contributed by atoms with Gasteiger partial charge in [0.15, 0.2) is 0 Å². The third-order valence-electron chi connectivity index (χ3n) is 2.11. The molecule has 3 N–H and O–H groups in total. The van der Waals surface area contributed by atoms with Crippen molar-refractivity contribution in [2.45, 2.75) is 33.3 Å². The molecule has 1 rings (SSSR count). The SMILES string of the molecule is CCCN(CCO)c1nc(N)nc(OC(C)C)n1. The molecule has 0 bridgehead atoms. The lowest BCUT2D eigenvalue weighted by atomic mass is 10.4. The Kier molecular flexibility index (Phi) is 5.57. The lowest BCUT2D eigenvalue weighted by Crippen LogP contribution is -2.30. The standard InChI is InChI=1S/C11H21N5O2/c1-4-5-16(6-7-17)10-13-9(12)14-11(15-10)18-8(2)3/h8,17H,4-7H2,1-3H3,(H2,12,13,14,15). The number of nitrogens with zero attached hydrogens (tertiary/aromatic N) is 4.